The van der Waals surface area contributed by atoms with Gasteiger partial charge in [0.05, 0.1) is 11.8 Å². The summed E-state index contributed by atoms with van der Waals surface area (Å²) in [6.45, 7) is 0. The molecule has 1 aromatic heterocycles. The molecule has 3 nitrogen and oxygen atoms in total. The fourth-order valence-electron chi connectivity index (χ4n) is 7.76. The number of allylic oxidation sites excluding steroid dienone is 4. The van der Waals surface area contributed by atoms with Crippen LogP contribution >= 0.6 is 0 Å². The average molecular weight is 577 g/mol. The van der Waals surface area contributed by atoms with Gasteiger partial charge in [0.25, 0.3) is 0 Å². The zero-order valence-corrected chi connectivity index (χ0v) is 24.1. The number of benzene rings is 7. The van der Waals surface area contributed by atoms with Crippen molar-refractivity contribution in [2.24, 2.45) is 11.8 Å². The maximum Gasteiger partial charge on any atom is 0.210 e. The molecule has 210 valence electrons. The van der Waals surface area contributed by atoms with E-state index in [-0.39, 0.29) is 11.6 Å². The smallest absolute Gasteiger partial charge is 0.210 e. The number of rotatable bonds is 3. The first-order valence-corrected chi connectivity index (χ1v) is 15.3. The van der Waals surface area contributed by atoms with Gasteiger partial charge >= 0.3 is 0 Å². The fourth-order valence-corrected chi connectivity index (χ4v) is 7.76. The molecule has 1 heterocycles. The molecule has 3 aliphatic rings. The van der Waals surface area contributed by atoms with Crippen LogP contribution in [0, 0.1) is 11.8 Å². The Morgan fingerprint density at radius 1 is 0.489 bits per heavy atom. The van der Waals surface area contributed by atoms with E-state index in [1.54, 1.807) is 0 Å². The number of furan rings is 1. The van der Waals surface area contributed by atoms with Crippen LogP contribution in [0.3, 0.4) is 0 Å². The van der Waals surface area contributed by atoms with Gasteiger partial charge in [-0.15, -0.1) is 0 Å². The van der Waals surface area contributed by atoms with Gasteiger partial charge in [0, 0.05) is 16.3 Å². The van der Waals surface area contributed by atoms with E-state index in [0.717, 1.165) is 60.5 Å². The molecule has 0 spiro atoms. The molecule has 2 bridgehead atoms. The van der Waals surface area contributed by atoms with E-state index in [0.29, 0.717) is 0 Å². The van der Waals surface area contributed by atoms with Crippen LogP contribution in [0.15, 0.2) is 138 Å². The van der Waals surface area contributed by atoms with Crippen molar-refractivity contribution in [3.8, 4) is 22.3 Å². The van der Waals surface area contributed by atoms with E-state index >= 15 is 0 Å². The number of Topliss-reactive ketones (excluding diaryl/α,β-unsaturated/α-hetero) is 2. The predicted molar refractivity (Wildman–Crippen MR) is 182 cm³/mol. The van der Waals surface area contributed by atoms with Crippen molar-refractivity contribution < 1.29 is 14.0 Å². The van der Waals surface area contributed by atoms with E-state index in [4.69, 9.17) is 4.42 Å². The quantitative estimate of drug-likeness (QED) is 0.119. The lowest BCUT2D eigenvalue weighted by atomic mass is 9.72. The van der Waals surface area contributed by atoms with Gasteiger partial charge in [-0.3, -0.25) is 9.59 Å². The molecule has 7 aromatic carbocycles. The minimum absolute atomic E-state index is 0.297. The van der Waals surface area contributed by atoms with E-state index in [1.165, 1.54) is 27.1 Å². The van der Waals surface area contributed by atoms with Crippen LogP contribution in [0.5, 0.6) is 0 Å². The molecule has 0 aliphatic heterocycles. The summed E-state index contributed by atoms with van der Waals surface area (Å²) in [5.41, 5.74) is 8.31. The largest absolute Gasteiger partial charge is 0.455 e. The van der Waals surface area contributed by atoms with Gasteiger partial charge in [-0.25, -0.2) is 0 Å². The van der Waals surface area contributed by atoms with Gasteiger partial charge in [0.2, 0.25) is 11.6 Å². The van der Waals surface area contributed by atoms with Crippen molar-refractivity contribution in [2.75, 3.05) is 0 Å². The molecule has 3 aliphatic carbocycles. The average Bonchev–Trinajstić information content (AvgIpc) is 3.48. The van der Waals surface area contributed by atoms with Crippen LogP contribution in [0.4, 0.5) is 0 Å². The first-order chi connectivity index (χ1) is 22.1. The van der Waals surface area contributed by atoms with Crippen molar-refractivity contribution in [2.45, 2.75) is 0 Å². The van der Waals surface area contributed by atoms with Crippen LogP contribution in [-0.4, -0.2) is 11.6 Å². The third kappa shape index (κ3) is 3.35. The highest BCUT2D eigenvalue weighted by Crippen LogP contribution is 2.45. The third-order valence-corrected chi connectivity index (χ3v) is 9.92. The summed E-state index contributed by atoms with van der Waals surface area (Å²) in [6.07, 6.45) is 5.75. The van der Waals surface area contributed by atoms with Gasteiger partial charge in [0.15, 0.2) is 0 Å². The second kappa shape index (κ2) is 8.87. The Morgan fingerprint density at radius 3 is 1.89 bits per heavy atom. The number of fused-ring (bicyclic) bond motifs is 4. The van der Waals surface area contributed by atoms with Crippen LogP contribution < -0.4 is 0 Å². The Balaban J connectivity index is 1.12. The Kier molecular flexibility index (Phi) is 4.85. The Hall–Kier alpha value is -5.80. The molecule has 0 fully saturated rings. The molecular formula is C42H24O3. The first-order valence-electron chi connectivity index (χ1n) is 15.3. The Morgan fingerprint density at radius 2 is 1.13 bits per heavy atom. The maximum absolute atomic E-state index is 12.8. The van der Waals surface area contributed by atoms with Gasteiger partial charge in [0.1, 0.15) is 11.2 Å². The minimum Gasteiger partial charge on any atom is -0.455 e. The van der Waals surface area contributed by atoms with Gasteiger partial charge in [-0.2, -0.15) is 0 Å². The van der Waals surface area contributed by atoms with E-state index in [2.05, 4.69) is 97.1 Å². The summed E-state index contributed by atoms with van der Waals surface area (Å²) in [4.78, 5) is 25.2. The number of carbonyl (C=O) groups is 2. The molecule has 0 amide bonds. The van der Waals surface area contributed by atoms with Crippen molar-refractivity contribution in [1.29, 1.82) is 0 Å². The third-order valence-electron chi connectivity index (χ3n) is 9.92. The SMILES string of the molecule is O=C1C(=O)C2C=CC1C=C2c1ccc2ccc3c(-c4ccc(-c5cccc6c5oc5ccccc56)cc4)ccc4ccc1c2c43. The maximum atomic E-state index is 12.8. The molecule has 2 atom stereocenters. The fraction of sp³-hybridized carbons (Fsp3) is 0.0476. The molecule has 45 heavy (non-hydrogen) atoms. The van der Waals surface area contributed by atoms with Crippen LogP contribution in [0.2, 0.25) is 0 Å². The molecule has 8 aromatic rings. The summed E-state index contributed by atoms with van der Waals surface area (Å²) in [5, 5.41) is 9.33. The molecule has 11 rings (SSSR count). The highest BCUT2D eigenvalue weighted by atomic mass is 16.3. The highest BCUT2D eigenvalue weighted by molar-refractivity contribution is 6.44. The summed E-state index contributed by atoms with van der Waals surface area (Å²) < 4.78 is 6.31. The van der Waals surface area contributed by atoms with Gasteiger partial charge in [-0.1, -0.05) is 127 Å². The van der Waals surface area contributed by atoms with E-state index < -0.39 is 11.8 Å². The number of carbonyl (C=O) groups excluding carboxylic acids is 2. The number of ketones is 2. The first kappa shape index (κ1) is 24.6. The summed E-state index contributed by atoms with van der Waals surface area (Å²) in [6, 6.07) is 40.8. The van der Waals surface area contributed by atoms with Crippen molar-refractivity contribution >= 4 is 71.4 Å². The van der Waals surface area contributed by atoms with Gasteiger partial charge in [-0.05, 0) is 66.2 Å². The summed E-state index contributed by atoms with van der Waals surface area (Å²) in [5.74, 6) is -1.55. The second-order valence-electron chi connectivity index (χ2n) is 12.2. The zero-order chi connectivity index (χ0) is 29.8. The summed E-state index contributed by atoms with van der Waals surface area (Å²) >= 11 is 0. The highest BCUT2D eigenvalue weighted by Gasteiger charge is 2.39. The van der Waals surface area contributed by atoms with Crippen molar-refractivity contribution in [3.05, 3.63) is 139 Å². The second-order valence-corrected chi connectivity index (χ2v) is 12.2. The lowest BCUT2D eigenvalue weighted by Crippen LogP contribution is -2.36. The van der Waals surface area contributed by atoms with Crippen molar-refractivity contribution in [3.63, 3.8) is 0 Å². The predicted octanol–water partition coefficient (Wildman–Crippen LogP) is 10.2. The number of para-hydroxylation sites is 2. The standard InChI is InChI=1S/C42H24O3/c43-40-27-16-21-34(41(40)44)36(22-27)30-18-13-26-14-19-32-28(17-12-25-15-20-33(30)39(26)38(25)32)23-8-10-24(11-9-23)29-5-3-6-35-31-4-1-2-7-37(31)45-42(29)35/h1-22,27,34H. The van der Waals surface area contributed by atoms with Crippen LogP contribution in [0.25, 0.3) is 82.1 Å². The topological polar surface area (TPSA) is 47.3 Å². The van der Waals surface area contributed by atoms with Crippen molar-refractivity contribution in [1.82, 2.24) is 0 Å². The lowest BCUT2D eigenvalue weighted by Gasteiger charge is -2.29. The minimum atomic E-state index is -0.500. The zero-order valence-electron chi connectivity index (χ0n) is 24.1. The number of hydrogen-bond acceptors (Lipinski definition) is 3. The monoisotopic (exact) mass is 576 g/mol. The Labute approximate surface area is 258 Å². The molecule has 0 saturated heterocycles. The van der Waals surface area contributed by atoms with Gasteiger partial charge < -0.3 is 4.42 Å². The molecule has 0 saturated carbocycles. The molecule has 2 unspecified atom stereocenters. The lowest BCUT2D eigenvalue weighted by molar-refractivity contribution is -0.139. The van der Waals surface area contributed by atoms with Crippen LogP contribution in [-0.2, 0) is 9.59 Å². The summed E-state index contributed by atoms with van der Waals surface area (Å²) in [7, 11) is 0. The normalized spacial score (nSPS) is 17.9. The molecule has 3 heteroatoms. The van der Waals surface area contributed by atoms with Crippen LogP contribution in [0.1, 0.15) is 5.56 Å². The number of hydrogen-bond donors (Lipinski definition) is 0. The molecule has 0 N–H and O–H groups in total. The molecule has 0 radical (unpaired) electrons. The molecular weight excluding hydrogens is 552 g/mol. The van der Waals surface area contributed by atoms with E-state index in [1.807, 2.05) is 36.4 Å². The Bertz CT molecular complexity index is 2630. The van der Waals surface area contributed by atoms with E-state index in [9.17, 15) is 9.59 Å².